The molecule has 0 aliphatic carbocycles. The number of benzene rings is 2. The van der Waals surface area contributed by atoms with Gasteiger partial charge in [0, 0.05) is 18.3 Å². The maximum atomic E-state index is 4.16. The molecule has 0 saturated heterocycles. The Morgan fingerprint density at radius 2 is 1.17 bits per heavy atom. The smallest absolute Gasteiger partial charge is 0.0341 e. The molecule has 3 aromatic rings. The van der Waals surface area contributed by atoms with Gasteiger partial charge in [0.1, 0.15) is 0 Å². The molecule has 0 aliphatic rings. The third-order valence-corrected chi connectivity index (χ3v) is 4.28. The summed E-state index contributed by atoms with van der Waals surface area (Å²) in [5.74, 6) is 0.244. The molecular formula is C22H23N. The number of nitrogens with zero attached hydrogens (tertiary/aromatic N) is 1. The van der Waals surface area contributed by atoms with Gasteiger partial charge in [-0.3, -0.25) is 4.98 Å². The Kier molecular flexibility index (Phi) is 4.29. The van der Waals surface area contributed by atoms with Crippen LogP contribution in [-0.2, 0) is 5.41 Å². The second-order valence-corrected chi connectivity index (χ2v) is 7.00. The highest BCUT2D eigenvalue weighted by Crippen LogP contribution is 2.33. The van der Waals surface area contributed by atoms with Gasteiger partial charge in [-0.15, -0.1) is 0 Å². The van der Waals surface area contributed by atoms with Gasteiger partial charge in [0.05, 0.1) is 0 Å². The predicted molar refractivity (Wildman–Crippen MR) is 96.8 cm³/mol. The highest BCUT2D eigenvalue weighted by atomic mass is 14.6. The number of aromatic nitrogens is 1. The van der Waals surface area contributed by atoms with E-state index >= 15 is 0 Å². The van der Waals surface area contributed by atoms with Crippen LogP contribution in [-0.4, -0.2) is 4.98 Å². The first-order valence-corrected chi connectivity index (χ1v) is 8.11. The zero-order valence-corrected chi connectivity index (χ0v) is 14.0. The summed E-state index contributed by atoms with van der Waals surface area (Å²) >= 11 is 0. The molecule has 1 aromatic heterocycles. The van der Waals surface area contributed by atoms with Crippen LogP contribution in [0.2, 0.25) is 0 Å². The Morgan fingerprint density at radius 1 is 0.652 bits per heavy atom. The summed E-state index contributed by atoms with van der Waals surface area (Å²) in [6, 6.07) is 23.9. The average molecular weight is 301 g/mol. The van der Waals surface area contributed by atoms with Crippen molar-refractivity contribution in [3.8, 4) is 0 Å². The van der Waals surface area contributed by atoms with E-state index in [-0.39, 0.29) is 11.3 Å². The lowest BCUT2D eigenvalue weighted by Gasteiger charge is -2.22. The quantitative estimate of drug-likeness (QED) is 0.617. The van der Waals surface area contributed by atoms with Crippen molar-refractivity contribution in [2.75, 3.05) is 0 Å². The molecule has 1 atom stereocenters. The van der Waals surface area contributed by atoms with Gasteiger partial charge in [-0.25, -0.2) is 0 Å². The van der Waals surface area contributed by atoms with Gasteiger partial charge < -0.3 is 0 Å². The van der Waals surface area contributed by atoms with Gasteiger partial charge in [-0.1, -0.05) is 75.4 Å². The topological polar surface area (TPSA) is 12.9 Å². The molecule has 0 N–H and O–H groups in total. The Labute approximate surface area is 139 Å². The summed E-state index contributed by atoms with van der Waals surface area (Å²) in [6.45, 7) is 6.75. The van der Waals surface area contributed by atoms with Crippen LogP contribution in [0, 0.1) is 0 Å². The Hall–Kier alpha value is -2.41. The highest BCUT2D eigenvalue weighted by molar-refractivity contribution is 5.43. The van der Waals surface area contributed by atoms with Crippen LogP contribution in [0.3, 0.4) is 0 Å². The van der Waals surface area contributed by atoms with Crippen molar-refractivity contribution in [1.82, 2.24) is 4.98 Å². The van der Waals surface area contributed by atoms with Gasteiger partial charge in [0.2, 0.25) is 0 Å². The van der Waals surface area contributed by atoms with Crippen LogP contribution in [0.25, 0.3) is 0 Å². The van der Waals surface area contributed by atoms with Crippen LogP contribution in [0.15, 0.2) is 79.1 Å². The summed E-state index contributed by atoms with van der Waals surface area (Å²) in [6.07, 6.45) is 3.74. The van der Waals surface area contributed by atoms with Gasteiger partial charge in [-0.2, -0.15) is 0 Å². The standard InChI is InChI=1S/C22H23N/c1-22(2,3)20-11-9-18(10-12-20)21(17-7-5-4-6-8-17)19-13-15-23-16-14-19/h4-16,21H,1-3H3. The molecule has 116 valence electrons. The molecule has 1 nitrogen and oxygen atoms in total. The van der Waals surface area contributed by atoms with E-state index in [9.17, 15) is 0 Å². The van der Waals surface area contributed by atoms with E-state index < -0.39 is 0 Å². The van der Waals surface area contributed by atoms with E-state index in [0.717, 1.165) is 0 Å². The summed E-state index contributed by atoms with van der Waals surface area (Å²) in [5, 5.41) is 0. The van der Waals surface area contributed by atoms with Crippen molar-refractivity contribution in [3.05, 3.63) is 101 Å². The van der Waals surface area contributed by atoms with E-state index in [1.807, 2.05) is 12.4 Å². The van der Waals surface area contributed by atoms with E-state index in [2.05, 4.69) is 92.5 Å². The lowest BCUT2D eigenvalue weighted by Crippen LogP contribution is -2.11. The molecule has 1 unspecified atom stereocenters. The Balaban J connectivity index is 2.06. The van der Waals surface area contributed by atoms with E-state index in [1.165, 1.54) is 22.3 Å². The normalized spacial score (nSPS) is 12.8. The molecule has 0 bridgehead atoms. The fourth-order valence-electron chi connectivity index (χ4n) is 2.95. The molecule has 0 radical (unpaired) electrons. The largest absolute Gasteiger partial charge is 0.265 e. The Morgan fingerprint density at radius 3 is 1.74 bits per heavy atom. The minimum atomic E-state index is 0.178. The molecule has 0 spiro atoms. The van der Waals surface area contributed by atoms with Crippen LogP contribution in [0.1, 0.15) is 48.9 Å². The second-order valence-electron chi connectivity index (χ2n) is 7.00. The molecule has 23 heavy (non-hydrogen) atoms. The van der Waals surface area contributed by atoms with Crippen LogP contribution in [0.5, 0.6) is 0 Å². The van der Waals surface area contributed by atoms with Crippen molar-refractivity contribution >= 4 is 0 Å². The zero-order chi connectivity index (χ0) is 16.3. The molecular weight excluding hydrogens is 278 g/mol. The predicted octanol–water partition coefficient (Wildman–Crippen LogP) is 5.56. The van der Waals surface area contributed by atoms with Crippen LogP contribution in [0.4, 0.5) is 0 Å². The summed E-state index contributed by atoms with van der Waals surface area (Å²) in [5.41, 5.74) is 5.44. The summed E-state index contributed by atoms with van der Waals surface area (Å²) < 4.78 is 0. The molecule has 0 aliphatic heterocycles. The number of hydrogen-bond acceptors (Lipinski definition) is 1. The second kappa shape index (κ2) is 6.37. The van der Waals surface area contributed by atoms with Gasteiger partial charge in [0.25, 0.3) is 0 Å². The maximum Gasteiger partial charge on any atom is 0.0341 e. The highest BCUT2D eigenvalue weighted by Gasteiger charge is 2.18. The molecule has 3 rings (SSSR count). The monoisotopic (exact) mass is 301 g/mol. The van der Waals surface area contributed by atoms with Crippen LogP contribution < -0.4 is 0 Å². The van der Waals surface area contributed by atoms with Crippen molar-refractivity contribution in [2.45, 2.75) is 32.1 Å². The summed E-state index contributed by atoms with van der Waals surface area (Å²) in [7, 11) is 0. The van der Waals surface area contributed by atoms with Crippen molar-refractivity contribution in [3.63, 3.8) is 0 Å². The molecule has 0 fully saturated rings. The first kappa shape index (κ1) is 15.5. The lowest BCUT2D eigenvalue weighted by atomic mass is 9.82. The van der Waals surface area contributed by atoms with E-state index in [0.29, 0.717) is 0 Å². The Bertz CT molecular complexity index is 698. The fraction of sp³-hybridized carbons (Fsp3) is 0.227. The fourth-order valence-corrected chi connectivity index (χ4v) is 2.95. The molecule has 2 aromatic carbocycles. The number of rotatable bonds is 3. The summed E-state index contributed by atoms with van der Waals surface area (Å²) in [4.78, 5) is 4.16. The minimum Gasteiger partial charge on any atom is -0.265 e. The molecule has 1 heterocycles. The van der Waals surface area contributed by atoms with E-state index in [4.69, 9.17) is 0 Å². The average Bonchev–Trinajstić information content (AvgIpc) is 2.57. The zero-order valence-electron chi connectivity index (χ0n) is 14.0. The van der Waals surface area contributed by atoms with Crippen molar-refractivity contribution < 1.29 is 0 Å². The van der Waals surface area contributed by atoms with Crippen molar-refractivity contribution in [2.24, 2.45) is 0 Å². The first-order valence-electron chi connectivity index (χ1n) is 8.11. The van der Waals surface area contributed by atoms with Gasteiger partial charge in [0.15, 0.2) is 0 Å². The van der Waals surface area contributed by atoms with Gasteiger partial charge in [-0.05, 0) is 39.8 Å². The first-order chi connectivity index (χ1) is 11.1. The van der Waals surface area contributed by atoms with Crippen molar-refractivity contribution in [1.29, 1.82) is 0 Å². The maximum absolute atomic E-state index is 4.16. The molecule has 0 amide bonds. The SMILES string of the molecule is CC(C)(C)c1ccc(C(c2ccccc2)c2ccncc2)cc1. The third-order valence-electron chi connectivity index (χ3n) is 4.28. The third kappa shape index (κ3) is 3.50. The minimum absolute atomic E-state index is 0.178. The van der Waals surface area contributed by atoms with E-state index in [1.54, 1.807) is 0 Å². The van der Waals surface area contributed by atoms with Gasteiger partial charge >= 0.3 is 0 Å². The molecule has 0 saturated carbocycles. The lowest BCUT2D eigenvalue weighted by molar-refractivity contribution is 0.590. The van der Waals surface area contributed by atoms with Crippen LogP contribution >= 0.6 is 0 Å². The molecule has 1 heteroatoms. The number of hydrogen-bond donors (Lipinski definition) is 0. The number of pyridine rings is 1.